The van der Waals surface area contributed by atoms with Crippen LogP contribution in [0.25, 0.3) is 0 Å². The van der Waals surface area contributed by atoms with Gasteiger partial charge in [0.25, 0.3) is 5.91 Å². The molecule has 33 heavy (non-hydrogen) atoms. The smallest absolute Gasteiger partial charge is 0.408 e. The van der Waals surface area contributed by atoms with Crippen molar-refractivity contribution in [2.75, 3.05) is 6.54 Å². The molecule has 1 saturated heterocycles. The monoisotopic (exact) mass is 479 g/mol. The summed E-state index contributed by atoms with van der Waals surface area (Å²) in [5, 5.41) is 13.5. The molecule has 3 amide bonds. The molecule has 0 aromatic heterocycles. The highest BCUT2D eigenvalue weighted by molar-refractivity contribution is 7.92. The zero-order valence-corrected chi connectivity index (χ0v) is 19.6. The minimum Gasteiger partial charge on any atom is -0.465 e. The van der Waals surface area contributed by atoms with E-state index in [0.717, 1.165) is 23.3 Å². The SMILES string of the molecule is CC[C@H](NC(=O)C1CC(S(=O)(=O)c2ccc(C)cc2C)CN1C(=O)O)C(=O)C(=O)NC1CC1. The van der Waals surface area contributed by atoms with Crippen LogP contribution in [0.4, 0.5) is 4.79 Å². The lowest BCUT2D eigenvalue weighted by Crippen LogP contribution is -2.53. The van der Waals surface area contributed by atoms with Gasteiger partial charge < -0.3 is 15.7 Å². The Morgan fingerprint density at radius 2 is 1.85 bits per heavy atom. The number of carbonyl (C=O) groups excluding carboxylic acids is 3. The Balaban J connectivity index is 1.77. The third-order valence-electron chi connectivity index (χ3n) is 6.06. The molecule has 3 atom stereocenters. The van der Waals surface area contributed by atoms with E-state index in [9.17, 15) is 32.7 Å². The summed E-state index contributed by atoms with van der Waals surface area (Å²) in [4.78, 5) is 50.1. The molecule has 2 fully saturated rings. The Labute approximate surface area is 192 Å². The summed E-state index contributed by atoms with van der Waals surface area (Å²) < 4.78 is 26.5. The van der Waals surface area contributed by atoms with Crippen LogP contribution in [0.1, 0.15) is 43.7 Å². The first-order valence-corrected chi connectivity index (χ1v) is 12.5. The van der Waals surface area contributed by atoms with Crippen LogP contribution in [0.15, 0.2) is 23.1 Å². The second-order valence-corrected chi connectivity index (χ2v) is 10.9. The second-order valence-electron chi connectivity index (χ2n) is 8.70. The number of carbonyl (C=O) groups is 4. The minimum atomic E-state index is -3.91. The zero-order chi connectivity index (χ0) is 24.5. The summed E-state index contributed by atoms with van der Waals surface area (Å²) in [6, 6.07) is 2.44. The maximum absolute atomic E-state index is 13.2. The predicted octanol–water partition coefficient (Wildman–Crippen LogP) is 0.941. The molecule has 2 aliphatic rings. The molecule has 0 bridgehead atoms. The first-order chi connectivity index (χ1) is 15.4. The van der Waals surface area contributed by atoms with Gasteiger partial charge in [0.15, 0.2) is 9.84 Å². The normalized spacial score (nSPS) is 21.4. The number of hydrogen-bond donors (Lipinski definition) is 3. The first-order valence-electron chi connectivity index (χ1n) is 10.9. The number of nitrogens with zero attached hydrogens (tertiary/aromatic N) is 1. The van der Waals surface area contributed by atoms with Crippen molar-refractivity contribution in [1.29, 1.82) is 0 Å². The molecule has 2 unspecified atom stereocenters. The van der Waals surface area contributed by atoms with Crippen molar-refractivity contribution in [2.45, 2.75) is 74.7 Å². The molecule has 1 aliphatic carbocycles. The molecule has 0 radical (unpaired) electrons. The number of aryl methyl sites for hydroxylation is 2. The van der Waals surface area contributed by atoms with Crippen LogP contribution >= 0.6 is 0 Å². The van der Waals surface area contributed by atoms with Crippen LogP contribution in [-0.4, -0.2) is 72.0 Å². The Bertz CT molecular complexity index is 1080. The molecule has 1 aromatic rings. The molecule has 11 heteroatoms. The van der Waals surface area contributed by atoms with Crippen LogP contribution in [0.3, 0.4) is 0 Å². The molecule has 0 spiro atoms. The summed E-state index contributed by atoms with van der Waals surface area (Å²) in [5.41, 5.74) is 1.44. The van der Waals surface area contributed by atoms with Crippen LogP contribution < -0.4 is 10.6 Å². The topological polar surface area (TPSA) is 150 Å². The number of hydrogen-bond acceptors (Lipinski definition) is 6. The molecule has 1 saturated carbocycles. The highest BCUT2D eigenvalue weighted by Crippen LogP contribution is 2.30. The van der Waals surface area contributed by atoms with Crippen LogP contribution in [-0.2, 0) is 24.2 Å². The number of ketones is 1. The van der Waals surface area contributed by atoms with Gasteiger partial charge in [0, 0.05) is 12.6 Å². The van der Waals surface area contributed by atoms with E-state index in [0.29, 0.717) is 5.56 Å². The number of sulfone groups is 1. The highest BCUT2D eigenvalue weighted by atomic mass is 32.2. The van der Waals surface area contributed by atoms with E-state index in [1.54, 1.807) is 26.0 Å². The fourth-order valence-electron chi connectivity index (χ4n) is 4.04. The number of benzene rings is 1. The molecular formula is C22H29N3O7S. The third kappa shape index (κ3) is 5.35. The van der Waals surface area contributed by atoms with Crippen molar-refractivity contribution in [3.05, 3.63) is 29.3 Å². The highest BCUT2D eigenvalue weighted by Gasteiger charge is 2.46. The van der Waals surface area contributed by atoms with Gasteiger partial charge in [-0.3, -0.25) is 19.3 Å². The maximum atomic E-state index is 13.2. The average molecular weight is 480 g/mol. The number of likely N-dealkylation sites (tertiary alicyclic amines) is 1. The van der Waals surface area contributed by atoms with Gasteiger partial charge in [0.2, 0.25) is 11.7 Å². The van der Waals surface area contributed by atoms with Gasteiger partial charge in [-0.25, -0.2) is 13.2 Å². The summed E-state index contributed by atoms with van der Waals surface area (Å²) >= 11 is 0. The Hall–Kier alpha value is -2.95. The molecule has 1 aromatic carbocycles. The van der Waals surface area contributed by atoms with Gasteiger partial charge in [0.05, 0.1) is 16.2 Å². The fourth-order valence-corrected chi connectivity index (χ4v) is 5.96. The summed E-state index contributed by atoms with van der Waals surface area (Å²) in [6.45, 7) is 4.75. The van der Waals surface area contributed by atoms with E-state index in [-0.39, 0.29) is 30.3 Å². The van der Waals surface area contributed by atoms with Gasteiger partial charge in [-0.05, 0) is 51.2 Å². The Morgan fingerprint density at radius 1 is 1.18 bits per heavy atom. The van der Waals surface area contributed by atoms with Crippen molar-refractivity contribution in [2.24, 2.45) is 0 Å². The largest absolute Gasteiger partial charge is 0.465 e. The second kappa shape index (κ2) is 9.50. The molecule has 3 N–H and O–H groups in total. The summed E-state index contributed by atoms with van der Waals surface area (Å²) in [6.07, 6.45) is 0.0566. The molecule has 3 rings (SSSR count). The quantitative estimate of drug-likeness (QED) is 0.470. The van der Waals surface area contributed by atoms with Crippen molar-refractivity contribution >= 4 is 33.5 Å². The number of rotatable bonds is 8. The Kier molecular flexibility index (Phi) is 7.11. The van der Waals surface area contributed by atoms with E-state index in [4.69, 9.17) is 0 Å². The van der Waals surface area contributed by atoms with E-state index < -0.39 is 50.9 Å². The maximum Gasteiger partial charge on any atom is 0.408 e. The van der Waals surface area contributed by atoms with Gasteiger partial charge in [-0.1, -0.05) is 24.6 Å². The van der Waals surface area contributed by atoms with E-state index in [1.807, 2.05) is 6.92 Å². The lowest BCUT2D eigenvalue weighted by Gasteiger charge is -2.23. The average Bonchev–Trinajstić information content (AvgIpc) is 3.43. The van der Waals surface area contributed by atoms with Crippen LogP contribution in [0.2, 0.25) is 0 Å². The first kappa shape index (κ1) is 24.7. The van der Waals surface area contributed by atoms with Gasteiger partial charge in [-0.2, -0.15) is 0 Å². The number of nitrogens with one attached hydrogen (secondary N) is 2. The van der Waals surface area contributed by atoms with Gasteiger partial charge in [0.1, 0.15) is 6.04 Å². The number of carboxylic acid groups (broad SMARTS) is 1. The van der Waals surface area contributed by atoms with Crippen molar-refractivity contribution < 1.29 is 32.7 Å². The molecular weight excluding hydrogens is 450 g/mol. The number of Topliss-reactive ketones (excluding diaryl/α,β-unsaturated/α-hetero) is 1. The van der Waals surface area contributed by atoms with E-state index >= 15 is 0 Å². The third-order valence-corrected chi connectivity index (χ3v) is 8.35. The molecule has 180 valence electrons. The van der Waals surface area contributed by atoms with Crippen molar-refractivity contribution in [3.63, 3.8) is 0 Å². The standard InChI is InChI=1S/C22H29N3O7S/c1-4-16(19(26)21(28)23-14-6-7-14)24-20(27)17-10-15(11-25(17)22(29)30)33(31,32)18-8-5-12(2)9-13(18)3/h5,8-9,14-17H,4,6-7,10-11H2,1-3H3,(H,23,28)(H,24,27)(H,29,30)/t15?,16-,17?/m0/s1. The van der Waals surface area contributed by atoms with E-state index in [2.05, 4.69) is 10.6 Å². The van der Waals surface area contributed by atoms with Crippen molar-refractivity contribution in [3.8, 4) is 0 Å². The lowest BCUT2D eigenvalue weighted by atomic mass is 10.1. The van der Waals surface area contributed by atoms with Gasteiger partial charge >= 0.3 is 6.09 Å². The summed E-state index contributed by atoms with van der Waals surface area (Å²) in [7, 11) is -3.91. The van der Waals surface area contributed by atoms with Crippen molar-refractivity contribution in [1.82, 2.24) is 15.5 Å². The minimum absolute atomic E-state index is 0.0248. The zero-order valence-electron chi connectivity index (χ0n) is 18.8. The lowest BCUT2D eigenvalue weighted by molar-refractivity contribution is -0.140. The predicted molar refractivity (Wildman–Crippen MR) is 118 cm³/mol. The molecule has 1 heterocycles. The molecule has 10 nitrogen and oxygen atoms in total. The fraction of sp³-hybridized carbons (Fsp3) is 0.545. The number of amides is 3. The van der Waals surface area contributed by atoms with Gasteiger partial charge in [-0.15, -0.1) is 0 Å². The molecule has 1 aliphatic heterocycles. The Morgan fingerprint density at radius 3 is 2.39 bits per heavy atom. The van der Waals surface area contributed by atoms with E-state index in [1.165, 1.54) is 6.07 Å². The summed E-state index contributed by atoms with van der Waals surface area (Å²) in [5.74, 6) is -2.39. The van der Waals surface area contributed by atoms with Crippen LogP contribution in [0, 0.1) is 13.8 Å². The van der Waals surface area contributed by atoms with Crippen LogP contribution in [0.5, 0.6) is 0 Å².